The van der Waals surface area contributed by atoms with E-state index in [0.29, 0.717) is 22.9 Å². The van der Waals surface area contributed by atoms with E-state index < -0.39 is 0 Å². The Balaban J connectivity index is 1.57. The van der Waals surface area contributed by atoms with Gasteiger partial charge in [-0.25, -0.2) is 0 Å². The minimum Gasteiger partial charge on any atom is -0.367 e. The van der Waals surface area contributed by atoms with Crippen LogP contribution in [0.1, 0.15) is 38.7 Å². The van der Waals surface area contributed by atoms with Crippen LogP contribution in [-0.2, 0) is 4.79 Å². The maximum Gasteiger partial charge on any atom is 0.223 e. The first-order valence-corrected chi connectivity index (χ1v) is 9.76. The van der Waals surface area contributed by atoms with Gasteiger partial charge >= 0.3 is 0 Å². The number of amides is 1. The van der Waals surface area contributed by atoms with Crippen molar-refractivity contribution in [2.45, 2.75) is 39.2 Å². The van der Waals surface area contributed by atoms with Crippen LogP contribution < -0.4 is 10.2 Å². The molecule has 0 spiro atoms. The zero-order chi connectivity index (χ0) is 19.0. The molecule has 0 radical (unpaired) electrons. The molecule has 2 fully saturated rings. The van der Waals surface area contributed by atoms with E-state index in [1.165, 1.54) is 12.8 Å². The Morgan fingerprint density at radius 1 is 1.26 bits per heavy atom. The van der Waals surface area contributed by atoms with E-state index >= 15 is 0 Å². The lowest BCUT2D eigenvalue weighted by atomic mass is 9.94. The number of nitrogens with zero attached hydrogens (tertiary/aromatic N) is 4. The molecule has 3 atom stereocenters. The Bertz CT molecular complexity index is 901. The number of fused-ring (bicyclic) bond motifs is 1. The molecular formula is C21H25N5O. The smallest absolute Gasteiger partial charge is 0.223 e. The Kier molecular flexibility index (Phi) is 4.69. The van der Waals surface area contributed by atoms with Crippen molar-refractivity contribution in [3.63, 3.8) is 0 Å². The molecule has 1 saturated heterocycles. The molecule has 1 amide bonds. The van der Waals surface area contributed by atoms with Crippen molar-refractivity contribution in [3.05, 3.63) is 30.1 Å². The van der Waals surface area contributed by atoms with Gasteiger partial charge in [0.2, 0.25) is 5.91 Å². The molecule has 1 aromatic heterocycles. The molecule has 1 aliphatic carbocycles. The molecule has 6 heteroatoms. The highest BCUT2D eigenvalue weighted by Crippen LogP contribution is 2.37. The maximum absolute atomic E-state index is 12.6. The van der Waals surface area contributed by atoms with Crippen molar-refractivity contribution in [2.75, 3.05) is 18.0 Å². The van der Waals surface area contributed by atoms with Gasteiger partial charge in [-0.05, 0) is 43.2 Å². The van der Waals surface area contributed by atoms with Crippen molar-refractivity contribution in [1.29, 1.82) is 5.26 Å². The predicted molar refractivity (Wildman–Crippen MR) is 104 cm³/mol. The first-order valence-electron chi connectivity index (χ1n) is 9.76. The van der Waals surface area contributed by atoms with E-state index in [2.05, 4.69) is 33.2 Å². The number of aromatic nitrogens is 2. The van der Waals surface area contributed by atoms with Crippen molar-refractivity contribution < 1.29 is 4.79 Å². The highest BCUT2D eigenvalue weighted by Gasteiger charge is 2.35. The summed E-state index contributed by atoms with van der Waals surface area (Å²) in [5, 5.41) is 12.6. The lowest BCUT2D eigenvalue weighted by Gasteiger charge is -2.38. The standard InChI is InChI=1S/C21H25N5O/c1-13-9-17(25-21(27)14(2)15-3-4-15)12-26(11-13)18-6-5-16(10-22)19-20(18)24-8-7-23-19/h5-8,13-15,17H,3-4,9,11-12H2,1-2H3,(H,25,27)/t13-,14?,17+/m0/s1. The summed E-state index contributed by atoms with van der Waals surface area (Å²) in [5.74, 6) is 1.32. The Labute approximate surface area is 159 Å². The average Bonchev–Trinajstić information content (AvgIpc) is 3.51. The number of benzene rings is 1. The van der Waals surface area contributed by atoms with Gasteiger partial charge in [0, 0.05) is 37.4 Å². The number of carbonyl (C=O) groups is 1. The monoisotopic (exact) mass is 363 g/mol. The van der Waals surface area contributed by atoms with Gasteiger partial charge in [-0.15, -0.1) is 0 Å². The summed E-state index contributed by atoms with van der Waals surface area (Å²) >= 11 is 0. The number of nitriles is 1. The van der Waals surface area contributed by atoms with E-state index in [1.54, 1.807) is 12.4 Å². The largest absolute Gasteiger partial charge is 0.367 e. The van der Waals surface area contributed by atoms with E-state index in [1.807, 2.05) is 19.1 Å². The zero-order valence-corrected chi connectivity index (χ0v) is 15.9. The quantitative estimate of drug-likeness (QED) is 0.903. The lowest BCUT2D eigenvalue weighted by molar-refractivity contribution is -0.125. The highest BCUT2D eigenvalue weighted by atomic mass is 16.2. The molecule has 6 nitrogen and oxygen atoms in total. The van der Waals surface area contributed by atoms with Crippen molar-refractivity contribution in [2.24, 2.45) is 17.8 Å². The number of nitrogens with one attached hydrogen (secondary N) is 1. The first-order chi connectivity index (χ1) is 13.1. The van der Waals surface area contributed by atoms with Crippen LogP contribution in [0.3, 0.4) is 0 Å². The summed E-state index contributed by atoms with van der Waals surface area (Å²) in [4.78, 5) is 23.7. The summed E-state index contributed by atoms with van der Waals surface area (Å²) in [6, 6.07) is 6.10. The minimum atomic E-state index is 0.109. The van der Waals surface area contributed by atoms with Crippen LogP contribution in [-0.4, -0.2) is 35.0 Å². The highest BCUT2D eigenvalue weighted by molar-refractivity contribution is 5.92. The van der Waals surface area contributed by atoms with Crippen LogP contribution >= 0.6 is 0 Å². The van der Waals surface area contributed by atoms with Gasteiger partial charge in [0.15, 0.2) is 0 Å². The molecule has 1 N–H and O–H groups in total. The maximum atomic E-state index is 12.6. The van der Waals surface area contributed by atoms with Crippen LogP contribution in [0.4, 0.5) is 5.69 Å². The molecule has 1 aliphatic heterocycles. The summed E-state index contributed by atoms with van der Waals surface area (Å²) in [7, 11) is 0. The predicted octanol–water partition coefficient (Wildman–Crippen LogP) is 2.88. The molecule has 4 rings (SSSR count). The molecule has 1 saturated carbocycles. The van der Waals surface area contributed by atoms with Gasteiger partial charge in [0.1, 0.15) is 17.1 Å². The van der Waals surface area contributed by atoms with Gasteiger partial charge in [0.05, 0.1) is 11.3 Å². The summed E-state index contributed by atoms with van der Waals surface area (Å²) in [6.45, 7) is 5.92. The van der Waals surface area contributed by atoms with Crippen LogP contribution in [0.15, 0.2) is 24.5 Å². The Morgan fingerprint density at radius 2 is 2.00 bits per heavy atom. The third-order valence-electron chi connectivity index (χ3n) is 5.81. The second-order valence-corrected chi connectivity index (χ2v) is 8.08. The molecule has 2 aromatic rings. The van der Waals surface area contributed by atoms with E-state index in [4.69, 9.17) is 0 Å². The van der Waals surface area contributed by atoms with Gasteiger partial charge in [-0.2, -0.15) is 5.26 Å². The fourth-order valence-electron chi connectivity index (χ4n) is 4.18. The second kappa shape index (κ2) is 7.15. The fourth-order valence-corrected chi connectivity index (χ4v) is 4.18. The van der Waals surface area contributed by atoms with E-state index in [-0.39, 0.29) is 17.9 Å². The first kappa shape index (κ1) is 17.7. The van der Waals surface area contributed by atoms with Gasteiger partial charge in [0.25, 0.3) is 0 Å². The number of carbonyl (C=O) groups excluding carboxylic acids is 1. The average molecular weight is 363 g/mol. The van der Waals surface area contributed by atoms with E-state index in [9.17, 15) is 10.1 Å². The number of rotatable bonds is 4. The third-order valence-corrected chi connectivity index (χ3v) is 5.81. The zero-order valence-electron chi connectivity index (χ0n) is 15.9. The number of piperidine rings is 1. The van der Waals surface area contributed by atoms with E-state index in [0.717, 1.165) is 30.7 Å². The molecule has 27 heavy (non-hydrogen) atoms. The normalized spacial score (nSPS) is 23.7. The molecule has 1 unspecified atom stereocenters. The van der Waals surface area contributed by atoms with Gasteiger partial charge in [-0.3, -0.25) is 14.8 Å². The third kappa shape index (κ3) is 3.59. The van der Waals surface area contributed by atoms with Crippen LogP contribution in [0, 0.1) is 29.1 Å². The van der Waals surface area contributed by atoms with Crippen LogP contribution in [0.5, 0.6) is 0 Å². The molecule has 1 aromatic carbocycles. The SMILES string of the molecule is CC(C(=O)N[C@@H]1C[C@H](C)CN(c2ccc(C#N)c3nccnc23)C1)C1CC1. The summed E-state index contributed by atoms with van der Waals surface area (Å²) in [6.07, 6.45) is 6.62. The van der Waals surface area contributed by atoms with Gasteiger partial charge in [-0.1, -0.05) is 13.8 Å². The molecule has 2 heterocycles. The van der Waals surface area contributed by atoms with Crippen LogP contribution in [0.2, 0.25) is 0 Å². The summed E-state index contributed by atoms with van der Waals surface area (Å²) < 4.78 is 0. The second-order valence-electron chi connectivity index (χ2n) is 8.08. The van der Waals surface area contributed by atoms with Crippen LogP contribution in [0.25, 0.3) is 11.0 Å². The number of hydrogen-bond acceptors (Lipinski definition) is 5. The Hall–Kier alpha value is -2.68. The minimum absolute atomic E-state index is 0.109. The van der Waals surface area contributed by atoms with Crippen molar-refractivity contribution in [3.8, 4) is 6.07 Å². The molecule has 140 valence electrons. The fraction of sp³-hybridized carbons (Fsp3) is 0.524. The van der Waals surface area contributed by atoms with Gasteiger partial charge < -0.3 is 10.2 Å². The number of hydrogen-bond donors (Lipinski definition) is 1. The molecular weight excluding hydrogens is 338 g/mol. The Morgan fingerprint density at radius 3 is 2.70 bits per heavy atom. The summed E-state index contributed by atoms with van der Waals surface area (Å²) in [5.41, 5.74) is 2.91. The van der Waals surface area contributed by atoms with Crippen molar-refractivity contribution >= 4 is 22.6 Å². The van der Waals surface area contributed by atoms with Crippen molar-refractivity contribution in [1.82, 2.24) is 15.3 Å². The topological polar surface area (TPSA) is 81.9 Å². The molecule has 0 bridgehead atoms. The molecule has 2 aliphatic rings. The number of anilines is 1. The lowest BCUT2D eigenvalue weighted by Crippen LogP contribution is -2.51.